The lowest BCUT2D eigenvalue weighted by atomic mass is 10.2. The highest BCUT2D eigenvalue weighted by atomic mass is 32.2. The quantitative estimate of drug-likeness (QED) is 0.722. The maximum atomic E-state index is 11.1. The molecule has 0 saturated heterocycles. The zero-order valence-corrected chi connectivity index (χ0v) is 8.82. The van der Waals surface area contributed by atoms with Gasteiger partial charge in [-0.2, -0.15) is 0 Å². The highest BCUT2D eigenvalue weighted by Crippen LogP contribution is 2.22. The molecule has 1 aliphatic rings. The van der Waals surface area contributed by atoms with E-state index < -0.39 is 10.8 Å². The average molecular weight is 189 g/mol. The van der Waals surface area contributed by atoms with Gasteiger partial charge < -0.3 is 5.32 Å². The lowest BCUT2D eigenvalue weighted by molar-refractivity contribution is 0.523. The van der Waals surface area contributed by atoms with Crippen LogP contribution in [0, 0.1) is 0 Å². The smallest absolute Gasteiger partial charge is 0.0360 e. The van der Waals surface area contributed by atoms with Gasteiger partial charge in [-0.05, 0) is 32.2 Å². The van der Waals surface area contributed by atoms with Crippen LogP contribution in [-0.2, 0) is 10.8 Å². The zero-order valence-electron chi connectivity index (χ0n) is 8.01. The molecular weight excluding hydrogens is 170 g/mol. The summed E-state index contributed by atoms with van der Waals surface area (Å²) in [5.74, 6) is 0. The van der Waals surface area contributed by atoms with E-state index in [0.29, 0.717) is 11.3 Å². The van der Waals surface area contributed by atoms with Gasteiger partial charge in [-0.25, -0.2) is 0 Å². The molecule has 0 bridgehead atoms. The molecule has 1 N–H and O–H groups in total. The van der Waals surface area contributed by atoms with E-state index in [0.717, 1.165) is 19.4 Å². The largest absolute Gasteiger partial charge is 0.314 e. The van der Waals surface area contributed by atoms with Crippen molar-refractivity contribution in [1.29, 1.82) is 0 Å². The minimum atomic E-state index is -0.607. The molecule has 0 aromatic heterocycles. The predicted molar refractivity (Wildman–Crippen MR) is 53.8 cm³/mol. The molecule has 0 amide bonds. The van der Waals surface area contributed by atoms with E-state index in [2.05, 4.69) is 12.2 Å². The molecule has 12 heavy (non-hydrogen) atoms. The Morgan fingerprint density at radius 3 is 2.75 bits per heavy atom. The van der Waals surface area contributed by atoms with Crippen LogP contribution in [0.25, 0.3) is 0 Å². The predicted octanol–water partition coefficient (Wildman–Crippen LogP) is 1.29. The van der Waals surface area contributed by atoms with Crippen LogP contribution in [0.4, 0.5) is 0 Å². The van der Waals surface area contributed by atoms with Gasteiger partial charge in [0, 0.05) is 28.3 Å². The van der Waals surface area contributed by atoms with E-state index in [1.54, 1.807) is 0 Å². The molecule has 2 nitrogen and oxygen atoms in total. The second kappa shape index (κ2) is 4.97. The molecule has 3 heteroatoms. The standard InChI is InChI=1S/C9H19NOS/c1-3-6-10-8-4-5-9(7-8)12(2)11/h8-10H,3-7H2,1-2H3. The Balaban J connectivity index is 2.21. The van der Waals surface area contributed by atoms with Crippen LogP contribution >= 0.6 is 0 Å². The molecule has 0 aliphatic heterocycles. The summed E-state index contributed by atoms with van der Waals surface area (Å²) in [6.07, 6.45) is 6.49. The Labute approximate surface area is 77.6 Å². The maximum Gasteiger partial charge on any atom is 0.0360 e. The molecule has 3 unspecified atom stereocenters. The van der Waals surface area contributed by atoms with Gasteiger partial charge in [-0.15, -0.1) is 0 Å². The average Bonchev–Trinajstić information content (AvgIpc) is 2.48. The van der Waals surface area contributed by atoms with Crippen molar-refractivity contribution in [2.45, 2.75) is 43.9 Å². The van der Waals surface area contributed by atoms with Gasteiger partial charge >= 0.3 is 0 Å². The van der Waals surface area contributed by atoms with Gasteiger partial charge in [0.1, 0.15) is 0 Å². The molecule has 3 atom stereocenters. The van der Waals surface area contributed by atoms with Crippen LogP contribution in [0.15, 0.2) is 0 Å². The van der Waals surface area contributed by atoms with Crippen molar-refractivity contribution < 1.29 is 4.21 Å². The van der Waals surface area contributed by atoms with Crippen molar-refractivity contribution in [3.8, 4) is 0 Å². The fourth-order valence-corrected chi connectivity index (χ4v) is 2.75. The van der Waals surface area contributed by atoms with E-state index in [9.17, 15) is 4.21 Å². The topological polar surface area (TPSA) is 29.1 Å². The van der Waals surface area contributed by atoms with E-state index in [-0.39, 0.29) is 0 Å². The second-order valence-electron chi connectivity index (χ2n) is 3.58. The van der Waals surface area contributed by atoms with Gasteiger partial charge in [-0.1, -0.05) is 6.92 Å². The van der Waals surface area contributed by atoms with Gasteiger partial charge in [0.2, 0.25) is 0 Å². The maximum absolute atomic E-state index is 11.1. The Morgan fingerprint density at radius 2 is 2.25 bits per heavy atom. The summed E-state index contributed by atoms with van der Waals surface area (Å²) >= 11 is 0. The van der Waals surface area contributed by atoms with Crippen LogP contribution < -0.4 is 5.32 Å². The molecule has 1 saturated carbocycles. The van der Waals surface area contributed by atoms with Crippen molar-refractivity contribution in [2.24, 2.45) is 0 Å². The van der Waals surface area contributed by atoms with Crippen molar-refractivity contribution in [1.82, 2.24) is 5.32 Å². The molecule has 0 aromatic rings. The van der Waals surface area contributed by atoms with Crippen LogP contribution in [0.1, 0.15) is 32.6 Å². The Hall–Kier alpha value is 0.110. The van der Waals surface area contributed by atoms with Crippen LogP contribution in [0.3, 0.4) is 0 Å². The van der Waals surface area contributed by atoms with Gasteiger partial charge in [-0.3, -0.25) is 4.21 Å². The first-order valence-corrected chi connectivity index (χ1v) is 6.41. The summed E-state index contributed by atoms with van der Waals surface area (Å²) < 4.78 is 11.1. The fourth-order valence-electron chi connectivity index (χ4n) is 1.78. The summed E-state index contributed by atoms with van der Waals surface area (Å²) in [4.78, 5) is 0. The molecule has 0 radical (unpaired) electrons. The first-order chi connectivity index (χ1) is 5.74. The van der Waals surface area contributed by atoms with Crippen molar-refractivity contribution in [2.75, 3.05) is 12.8 Å². The Bertz CT molecular complexity index is 161. The Morgan fingerprint density at radius 1 is 1.50 bits per heavy atom. The van der Waals surface area contributed by atoms with Gasteiger partial charge in [0.25, 0.3) is 0 Å². The van der Waals surface area contributed by atoms with E-state index in [1.165, 1.54) is 12.8 Å². The third-order valence-electron chi connectivity index (χ3n) is 2.54. The number of hydrogen-bond acceptors (Lipinski definition) is 2. The normalized spacial score (nSPS) is 32.2. The zero-order chi connectivity index (χ0) is 8.97. The van der Waals surface area contributed by atoms with Crippen molar-refractivity contribution in [3.05, 3.63) is 0 Å². The van der Waals surface area contributed by atoms with Crippen molar-refractivity contribution in [3.63, 3.8) is 0 Å². The number of rotatable bonds is 4. The van der Waals surface area contributed by atoms with Gasteiger partial charge in [0.15, 0.2) is 0 Å². The first kappa shape index (κ1) is 10.2. The highest BCUT2D eigenvalue weighted by molar-refractivity contribution is 7.84. The van der Waals surface area contributed by atoms with E-state index >= 15 is 0 Å². The minimum Gasteiger partial charge on any atom is -0.314 e. The molecule has 72 valence electrons. The Kier molecular flexibility index (Phi) is 4.22. The minimum absolute atomic E-state index is 0.458. The summed E-state index contributed by atoms with van der Waals surface area (Å²) in [6, 6.07) is 0.638. The summed E-state index contributed by atoms with van der Waals surface area (Å²) in [5, 5.41) is 3.94. The molecule has 1 rings (SSSR count). The summed E-state index contributed by atoms with van der Waals surface area (Å²) in [7, 11) is -0.607. The van der Waals surface area contributed by atoms with E-state index in [1.807, 2.05) is 6.26 Å². The SMILES string of the molecule is CCCNC1CCC(S(C)=O)C1. The third-order valence-corrected chi connectivity index (χ3v) is 3.90. The van der Waals surface area contributed by atoms with E-state index in [4.69, 9.17) is 0 Å². The molecule has 0 aromatic carbocycles. The monoisotopic (exact) mass is 189 g/mol. The number of nitrogens with one attached hydrogen (secondary N) is 1. The summed E-state index contributed by atoms with van der Waals surface area (Å²) in [5.41, 5.74) is 0. The lowest BCUT2D eigenvalue weighted by Gasteiger charge is -2.10. The first-order valence-electron chi connectivity index (χ1n) is 4.79. The molecule has 0 heterocycles. The lowest BCUT2D eigenvalue weighted by Crippen LogP contribution is -2.27. The van der Waals surface area contributed by atoms with Crippen LogP contribution in [0.2, 0.25) is 0 Å². The fraction of sp³-hybridized carbons (Fsp3) is 1.00. The number of hydrogen-bond donors (Lipinski definition) is 1. The molecular formula is C9H19NOS. The molecule has 1 aliphatic carbocycles. The van der Waals surface area contributed by atoms with Crippen molar-refractivity contribution >= 4 is 10.8 Å². The van der Waals surface area contributed by atoms with Gasteiger partial charge in [0.05, 0.1) is 0 Å². The summed E-state index contributed by atoms with van der Waals surface area (Å²) in [6.45, 7) is 3.28. The second-order valence-corrected chi connectivity index (χ2v) is 5.25. The van der Waals surface area contributed by atoms with Crippen LogP contribution in [0.5, 0.6) is 0 Å². The third kappa shape index (κ3) is 2.87. The molecule has 1 fully saturated rings. The highest BCUT2D eigenvalue weighted by Gasteiger charge is 2.26. The van der Waals surface area contributed by atoms with Crippen LogP contribution in [-0.4, -0.2) is 28.3 Å². The molecule has 0 spiro atoms.